The highest BCUT2D eigenvalue weighted by molar-refractivity contribution is 9.10. The molecule has 1 N–H and O–H groups in total. The summed E-state index contributed by atoms with van der Waals surface area (Å²) in [5.41, 5.74) is 2.00. The standard InChI is InChI=1S/C20H16BrNO3S2/c1-2-25-20(24)18-16(13-5-7-14(21)8-6-13)12-27-19(18)22-17(23)10-9-15-4-3-11-26-15/h3-12H,2H2,1H3,(H,22,23). The quantitative estimate of drug-likeness (QED) is 0.358. The van der Waals surface area contributed by atoms with Crippen LogP contribution in [0.15, 0.2) is 57.7 Å². The van der Waals surface area contributed by atoms with Crippen LogP contribution >= 0.6 is 38.6 Å². The Balaban J connectivity index is 1.89. The maximum absolute atomic E-state index is 12.5. The molecule has 0 fully saturated rings. The Labute approximate surface area is 173 Å². The summed E-state index contributed by atoms with van der Waals surface area (Å²) in [6.07, 6.45) is 3.20. The lowest BCUT2D eigenvalue weighted by atomic mass is 10.0. The minimum atomic E-state index is -0.450. The van der Waals surface area contributed by atoms with Gasteiger partial charge in [0, 0.05) is 26.4 Å². The lowest BCUT2D eigenvalue weighted by Gasteiger charge is -2.08. The van der Waals surface area contributed by atoms with Gasteiger partial charge in [0.15, 0.2) is 0 Å². The van der Waals surface area contributed by atoms with Crippen LogP contribution in [0, 0.1) is 0 Å². The van der Waals surface area contributed by atoms with Crippen molar-refractivity contribution in [3.8, 4) is 11.1 Å². The summed E-state index contributed by atoms with van der Waals surface area (Å²) < 4.78 is 6.15. The van der Waals surface area contributed by atoms with Gasteiger partial charge in [0.05, 0.1) is 6.61 Å². The molecule has 0 atom stereocenters. The highest BCUT2D eigenvalue weighted by Crippen LogP contribution is 2.36. The van der Waals surface area contributed by atoms with Crippen molar-refractivity contribution in [3.63, 3.8) is 0 Å². The Bertz CT molecular complexity index is 960. The third-order valence-corrected chi connectivity index (χ3v) is 5.87. The van der Waals surface area contributed by atoms with Crippen LogP contribution < -0.4 is 5.32 Å². The van der Waals surface area contributed by atoms with E-state index in [4.69, 9.17) is 4.74 Å². The van der Waals surface area contributed by atoms with Gasteiger partial charge in [0.1, 0.15) is 10.6 Å². The van der Waals surface area contributed by atoms with Crippen LogP contribution in [0.25, 0.3) is 17.2 Å². The highest BCUT2D eigenvalue weighted by atomic mass is 79.9. The number of amides is 1. The maximum Gasteiger partial charge on any atom is 0.341 e. The van der Waals surface area contributed by atoms with Crippen molar-refractivity contribution >= 4 is 61.6 Å². The van der Waals surface area contributed by atoms with E-state index in [0.29, 0.717) is 10.6 Å². The minimum Gasteiger partial charge on any atom is -0.462 e. The third-order valence-electron chi connectivity index (χ3n) is 3.60. The summed E-state index contributed by atoms with van der Waals surface area (Å²) in [7, 11) is 0. The van der Waals surface area contributed by atoms with Crippen molar-refractivity contribution in [1.29, 1.82) is 0 Å². The first kappa shape index (κ1) is 19.5. The minimum absolute atomic E-state index is 0.264. The molecule has 2 aromatic heterocycles. The van der Waals surface area contributed by atoms with Crippen molar-refractivity contribution < 1.29 is 14.3 Å². The number of carbonyl (C=O) groups excluding carboxylic acids is 2. The number of rotatable bonds is 6. The molecule has 1 aromatic carbocycles. The van der Waals surface area contributed by atoms with Gasteiger partial charge in [-0.05, 0) is 42.1 Å². The molecule has 138 valence electrons. The van der Waals surface area contributed by atoms with E-state index in [1.54, 1.807) is 24.3 Å². The molecule has 0 radical (unpaired) electrons. The molecule has 0 aliphatic carbocycles. The number of hydrogen-bond donors (Lipinski definition) is 1. The number of benzene rings is 1. The van der Waals surface area contributed by atoms with Crippen LogP contribution in [0.2, 0.25) is 0 Å². The average Bonchev–Trinajstić information content (AvgIpc) is 3.31. The fourth-order valence-corrected chi connectivity index (χ4v) is 4.24. The molecule has 27 heavy (non-hydrogen) atoms. The van der Waals surface area contributed by atoms with Crippen molar-refractivity contribution in [2.45, 2.75) is 6.92 Å². The first-order valence-electron chi connectivity index (χ1n) is 8.15. The van der Waals surface area contributed by atoms with Crippen molar-refractivity contribution in [3.05, 3.63) is 68.1 Å². The second kappa shape index (κ2) is 9.12. The van der Waals surface area contributed by atoms with E-state index in [1.807, 2.05) is 47.2 Å². The summed E-state index contributed by atoms with van der Waals surface area (Å²) in [5, 5.41) is 7.08. The molecule has 0 aliphatic heterocycles. The predicted molar refractivity (Wildman–Crippen MR) is 115 cm³/mol. The summed E-state index contributed by atoms with van der Waals surface area (Å²) >= 11 is 6.26. The van der Waals surface area contributed by atoms with E-state index in [9.17, 15) is 9.59 Å². The Morgan fingerprint density at radius 2 is 1.96 bits per heavy atom. The number of carbonyl (C=O) groups is 2. The maximum atomic E-state index is 12.5. The zero-order chi connectivity index (χ0) is 19.2. The molecule has 0 aliphatic rings. The number of ether oxygens (including phenoxy) is 1. The number of nitrogens with one attached hydrogen (secondary N) is 1. The van der Waals surface area contributed by atoms with Gasteiger partial charge < -0.3 is 10.1 Å². The smallest absolute Gasteiger partial charge is 0.341 e. The first-order valence-corrected chi connectivity index (χ1v) is 10.7. The number of thiophene rings is 2. The van der Waals surface area contributed by atoms with Crippen LogP contribution in [0.3, 0.4) is 0 Å². The number of halogens is 1. The molecule has 4 nitrogen and oxygen atoms in total. The summed E-state index contributed by atoms with van der Waals surface area (Å²) in [5.74, 6) is -0.743. The third kappa shape index (κ3) is 4.94. The number of esters is 1. The second-order valence-electron chi connectivity index (χ2n) is 5.42. The highest BCUT2D eigenvalue weighted by Gasteiger charge is 2.22. The van der Waals surface area contributed by atoms with Crippen molar-refractivity contribution in [2.75, 3.05) is 11.9 Å². The van der Waals surface area contributed by atoms with E-state index in [-0.39, 0.29) is 12.5 Å². The van der Waals surface area contributed by atoms with Crippen LogP contribution in [0.5, 0.6) is 0 Å². The number of anilines is 1. The summed E-state index contributed by atoms with van der Waals surface area (Å²) in [6, 6.07) is 11.5. The topological polar surface area (TPSA) is 55.4 Å². The van der Waals surface area contributed by atoms with Gasteiger partial charge in [-0.3, -0.25) is 4.79 Å². The molecule has 0 spiro atoms. The largest absolute Gasteiger partial charge is 0.462 e. The lowest BCUT2D eigenvalue weighted by Crippen LogP contribution is -2.12. The van der Waals surface area contributed by atoms with Crippen LogP contribution in [0.4, 0.5) is 5.00 Å². The van der Waals surface area contributed by atoms with Gasteiger partial charge in [-0.15, -0.1) is 22.7 Å². The van der Waals surface area contributed by atoms with Crippen molar-refractivity contribution in [1.82, 2.24) is 0 Å². The molecular formula is C20H16BrNO3S2. The second-order valence-corrected chi connectivity index (χ2v) is 8.19. The normalized spacial score (nSPS) is 10.9. The Kier molecular flexibility index (Phi) is 6.60. The Morgan fingerprint density at radius 3 is 2.63 bits per heavy atom. The van der Waals surface area contributed by atoms with Crippen LogP contribution in [0.1, 0.15) is 22.2 Å². The Morgan fingerprint density at radius 1 is 1.19 bits per heavy atom. The SMILES string of the molecule is CCOC(=O)c1c(-c2ccc(Br)cc2)csc1NC(=O)C=Cc1cccs1. The van der Waals surface area contributed by atoms with Gasteiger partial charge in [0.2, 0.25) is 5.91 Å². The molecule has 1 amide bonds. The molecule has 0 saturated carbocycles. The van der Waals surface area contributed by atoms with E-state index in [0.717, 1.165) is 20.5 Å². The van der Waals surface area contributed by atoms with Gasteiger partial charge in [-0.2, -0.15) is 0 Å². The lowest BCUT2D eigenvalue weighted by molar-refractivity contribution is -0.111. The molecule has 0 saturated heterocycles. The molecular weight excluding hydrogens is 446 g/mol. The molecule has 3 aromatic rings. The molecule has 2 heterocycles. The molecule has 0 unspecified atom stereocenters. The van der Waals surface area contributed by atoms with Gasteiger partial charge in [0.25, 0.3) is 0 Å². The van der Waals surface area contributed by atoms with Gasteiger partial charge >= 0.3 is 5.97 Å². The molecule has 3 rings (SSSR count). The zero-order valence-electron chi connectivity index (χ0n) is 14.4. The van der Waals surface area contributed by atoms with Crippen LogP contribution in [-0.4, -0.2) is 18.5 Å². The first-order chi connectivity index (χ1) is 13.1. The summed E-state index contributed by atoms with van der Waals surface area (Å²) in [6.45, 7) is 2.02. The van der Waals surface area contributed by atoms with E-state index in [1.165, 1.54) is 17.4 Å². The van der Waals surface area contributed by atoms with Gasteiger partial charge in [-0.25, -0.2) is 4.79 Å². The van der Waals surface area contributed by atoms with Crippen molar-refractivity contribution in [2.24, 2.45) is 0 Å². The number of hydrogen-bond acceptors (Lipinski definition) is 5. The fourth-order valence-electron chi connectivity index (χ4n) is 2.40. The average molecular weight is 462 g/mol. The monoisotopic (exact) mass is 461 g/mol. The Hall–Kier alpha value is -2.22. The van der Waals surface area contributed by atoms with Gasteiger partial charge in [-0.1, -0.05) is 34.1 Å². The summed E-state index contributed by atoms with van der Waals surface area (Å²) in [4.78, 5) is 25.8. The van der Waals surface area contributed by atoms with E-state index >= 15 is 0 Å². The predicted octanol–water partition coefficient (Wildman–Crippen LogP) is 6.07. The fraction of sp³-hybridized carbons (Fsp3) is 0.100. The molecule has 7 heteroatoms. The van der Waals surface area contributed by atoms with Crippen LogP contribution in [-0.2, 0) is 9.53 Å². The zero-order valence-corrected chi connectivity index (χ0v) is 17.6. The molecule has 0 bridgehead atoms. The van der Waals surface area contributed by atoms with E-state index in [2.05, 4.69) is 21.2 Å². The van der Waals surface area contributed by atoms with E-state index < -0.39 is 5.97 Å².